The van der Waals surface area contributed by atoms with Crippen LogP contribution in [0.1, 0.15) is 43.5 Å². The number of hydrogen-bond acceptors (Lipinski definition) is 3. The molecule has 0 unspecified atom stereocenters. The van der Waals surface area contributed by atoms with Gasteiger partial charge in [-0.05, 0) is 24.8 Å². The van der Waals surface area contributed by atoms with Crippen molar-refractivity contribution in [2.75, 3.05) is 6.61 Å². The standard InChI is InChI=1S/C13H19NO3/c1-3-10(2)5-4-8-17-12-7-6-11(9-14-12)13(15)16/h6-7,9-10H,3-5,8H2,1-2H3,(H,15,16)/t10-/m0/s1. The molecule has 1 N–H and O–H groups in total. The first-order valence-corrected chi connectivity index (χ1v) is 5.95. The van der Waals surface area contributed by atoms with Gasteiger partial charge < -0.3 is 9.84 Å². The summed E-state index contributed by atoms with van der Waals surface area (Å²) in [5.41, 5.74) is 0.178. The van der Waals surface area contributed by atoms with Gasteiger partial charge in [0, 0.05) is 12.3 Å². The van der Waals surface area contributed by atoms with Crippen LogP contribution in [0.2, 0.25) is 0 Å². The Labute approximate surface area is 102 Å². The van der Waals surface area contributed by atoms with Gasteiger partial charge in [0.05, 0.1) is 12.2 Å². The van der Waals surface area contributed by atoms with Gasteiger partial charge >= 0.3 is 5.97 Å². The molecule has 1 atom stereocenters. The molecule has 0 aliphatic carbocycles. The fraction of sp³-hybridized carbons (Fsp3) is 0.538. The molecule has 0 aromatic carbocycles. The lowest BCUT2D eigenvalue weighted by atomic mass is 10.0. The largest absolute Gasteiger partial charge is 0.478 e. The molecule has 0 spiro atoms. The van der Waals surface area contributed by atoms with Crippen LogP contribution in [0.4, 0.5) is 0 Å². The fourth-order valence-corrected chi connectivity index (χ4v) is 1.40. The summed E-state index contributed by atoms with van der Waals surface area (Å²) in [7, 11) is 0. The van der Waals surface area contributed by atoms with Crippen molar-refractivity contribution in [2.45, 2.75) is 33.1 Å². The molecule has 0 saturated carbocycles. The molecular formula is C13H19NO3. The van der Waals surface area contributed by atoms with Crippen LogP contribution in [0.25, 0.3) is 0 Å². The van der Waals surface area contributed by atoms with Crippen molar-refractivity contribution in [3.05, 3.63) is 23.9 Å². The maximum Gasteiger partial charge on any atom is 0.337 e. The molecule has 4 heteroatoms. The molecule has 0 fully saturated rings. The molecule has 1 rings (SSSR count). The molecule has 0 aliphatic heterocycles. The van der Waals surface area contributed by atoms with E-state index in [-0.39, 0.29) is 5.56 Å². The van der Waals surface area contributed by atoms with E-state index in [1.807, 2.05) is 0 Å². The predicted octanol–water partition coefficient (Wildman–Crippen LogP) is 2.98. The van der Waals surface area contributed by atoms with Gasteiger partial charge in [-0.25, -0.2) is 9.78 Å². The van der Waals surface area contributed by atoms with Crippen molar-refractivity contribution in [2.24, 2.45) is 5.92 Å². The normalized spacial score (nSPS) is 12.1. The zero-order valence-corrected chi connectivity index (χ0v) is 10.3. The summed E-state index contributed by atoms with van der Waals surface area (Å²) in [6, 6.07) is 3.09. The van der Waals surface area contributed by atoms with Crippen molar-refractivity contribution in [1.82, 2.24) is 4.98 Å². The lowest BCUT2D eigenvalue weighted by Gasteiger charge is -2.08. The number of ether oxygens (including phenoxy) is 1. The minimum absolute atomic E-state index is 0.178. The summed E-state index contributed by atoms with van der Waals surface area (Å²) in [6.07, 6.45) is 4.64. The highest BCUT2D eigenvalue weighted by atomic mass is 16.5. The zero-order chi connectivity index (χ0) is 12.7. The third kappa shape index (κ3) is 4.85. The molecule has 0 bridgehead atoms. The van der Waals surface area contributed by atoms with Gasteiger partial charge in [-0.1, -0.05) is 20.3 Å². The number of hydrogen-bond donors (Lipinski definition) is 1. The number of rotatable bonds is 7. The van der Waals surface area contributed by atoms with Crippen molar-refractivity contribution in [3.63, 3.8) is 0 Å². The quantitative estimate of drug-likeness (QED) is 0.740. The average molecular weight is 237 g/mol. The predicted molar refractivity (Wildman–Crippen MR) is 65.4 cm³/mol. The zero-order valence-electron chi connectivity index (χ0n) is 10.3. The molecule has 0 radical (unpaired) electrons. The Bertz CT molecular complexity index is 348. The van der Waals surface area contributed by atoms with E-state index in [1.54, 1.807) is 6.07 Å². The second kappa shape index (κ2) is 6.89. The average Bonchev–Trinajstić information content (AvgIpc) is 2.34. The molecular weight excluding hydrogens is 218 g/mol. The number of carboxylic acid groups (broad SMARTS) is 1. The molecule has 0 amide bonds. The molecule has 0 aliphatic rings. The maximum absolute atomic E-state index is 10.6. The third-order valence-corrected chi connectivity index (χ3v) is 2.77. The van der Waals surface area contributed by atoms with E-state index in [2.05, 4.69) is 18.8 Å². The number of carboxylic acids is 1. The number of carbonyl (C=O) groups is 1. The first kappa shape index (κ1) is 13.5. The lowest BCUT2D eigenvalue weighted by Crippen LogP contribution is -2.03. The van der Waals surface area contributed by atoms with Crippen LogP contribution in [0.3, 0.4) is 0 Å². The van der Waals surface area contributed by atoms with Crippen molar-refractivity contribution >= 4 is 5.97 Å². The van der Waals surface area contributed by atoms with E-state index < -0.39 is 5.97 Å². The highest BCUT2D eigenvalue weighted by Gasteiger charge is 2.03. The van der Waals surface area contributed by atoms with E-state index in [1.165, 1.54) is 18.7 Å². The van der Waals surface area contributed by atoms with Crippen molar-refractivity contribution in [1.29, 1.82) is 0 Å². The van der Waals surface area contributed by atoms with Gasteiger partial charge in [-0.2, -0.15) is 0 Å². The van der Waals surface area contributed by atoms with Crippen molar-refractivity contribution in [3.8, 4) is 5.88 Å². The van der Waals surface area contributed by atoms with Crippen LogP contribution >= 0.6 is 0 Å². The lowest BCUT2D eigenvalue weighted by molar-refractivity contribution is 0.0696. The molecule has 17 heavy (non-hydrogen) atoms. The Morgan fingerprint density at radius 2 is 2.29 bits per heavy atom. The fourth-order valence-electron chi connectivity index (χ4n) is 1.40. The first-order chi connectivity index (χ1) is 8.13. The minimum Gasteiger partial charge on any atom is -0.478 e. The van der Waals surface area contributed by atoms with E-state index in [0.717, 1.165) is 18.8 Å². The second-order valence-electron chi connectivity index (χ2n) is 4.19. The van der Waals surface area contributed by atoms with Crippen LogP contribution in [0.5, 0.6) is 5.88 Å². The molecule has 4 nitrogen and oxygen atoms in total. The van der Waals surface area contributed by atoms with E-state index in [0.29, 0.717) is 12.5 Å². The Hall–Kier alpha value is -1.58. The van der Waals surface area contributed by atoms with Gasteiger partial charge in [0.15, 0.2) is 0 Å². The number of nitrogens with zero attached hydrogens (tertiary/aromatic N) is 1. The smallest absolute Gasteiger partial charge is 0.337 e. The number of aromatic carboxylic acids is 1. The van der Waals surface area contributed by atoms with Crippen LogP contribution in [0.15, 0.2) is 18.3 Å². The summed E-state index contributed by atoms with van der Waals surface area (Å²) in [6.45, 7) is 5.03. The van der Waals surface area contributed by atoms with Gasteiger partial charge in [0.2, 0.25) is 5.88 Å². The molecule has 94 valence electrons. The maximum atomic E-state index is 10.6. The minimum atomic E-state index is -0.971. The highest BCUT2D eigenvalue weighted by molar-refractivity contribution is 5.87. The van der Waals surface area contributed by atoms with E-state index >= 15 is 0 Å². The second-order valence-corrected chi connectivity index (χ2v) is 4.19. The Kier molecular flexibility index (Phi) is 5.46. The van der Waals surface area contributed by atoms with Gasteiger partial charge in [0.1, 0.15) is 0 Å². The molecule has 1 aromatic rings. The van der Waals surface area contributed by atoms with Crippen LogP contribution in [0, 0.1) is 5.92 Å². The summed E-state index contributed by atoms with van der Waals surface area (Å²) < 4.78 is 5.43. The van der Waals surface area contributed by atoms with E-state index in [4.69, 9.17) is 9.84 Å². The summed E-state index contributed by atoms with van der Waals surface area (Å²) in [5, 5.41) is 8.70. The monoisotopic (exact) mass is 237 g/mol. The Balaban J connectivity index is 2.30. The Morgan fingerprint density at radius 3 is 2.82 bits per heavy atom. The van der Waals surface area contributed by atoms with Gasteiger partial charge in [-0.15, -0.1) is 0 Å². The molecule has 1 aromatic heterocycles. The van der Waals surface area contributed by atoms with Crippen LogP contribution in [-0.2, 0) is 0 Å². The summed E-state index contributed by atoms with van der Waals surface area (Å²) in [4.78, 5) is 14.5. The summed E-state index contributed by atoms with van der Waals surface area (Å²) >= 11 is 0. The SMILES string of the molecule is CC[C@H](C)CCCOc1ccc(C(=O)O)cn1. The number of aromatic nitrogens is 1. The van der Waals surface area contributed by atoms with Crippen molar-refractivity contribution < 1.29 is 14.6 Å². The number of pyridine rings is 1. The van der Waals surface area contributed by atoms with Gasteiger partial charge in [0.25, 0.3) is 0 Å². The Morgan fingerprint density at radius 1 is 1.53 bits per heavy atom. The topological polar surface area (TPSA) is 59.4 Å². The highest BCUT2D eigenvalue weighted by Crippen LogP contribution is 2.11. The molecule has 1 heterocycles. The molecule has 0 saturated heterocycles. The van der Waals surface area contributed by atoms with E-state index in [9.17, 15) is 4.79 Å². The summed E-state index contributed by atoms with van der Waals surface area (Å²) in [5.74, 6) is 0.237. The van der Waals surface area contributed by atoms with Crippen LogP contribution < -0.4 is 4.74 Å². The van der Waals surface area contributed by atoms with Gasteiger partial charge in [-0.3, -0.25) is 0 Å². The first-order valence-electron chi connectivity index (χ1n) is 5.95. The van der Waals surface area contributed by atoms with Crippen LogP contribution in [-0.4, -0.2) is 22.7 Å². The third-order valence-electron chi connectivity index (χ3n) is 2.77.